The van der Waals surface area contributed by atoms with Gasteiger partial charge in [-0.2, -0.15) is 0 Å². The molecular weight excluding hydrogens is 362 g/mol. The standard InChI is InChI=1S/C12H23N3O4.C4H4O4/c1-2-3-7-14-8-4-11(5-9-14)12(16)13-6-10-19-15(17)18;5-3(6)1-2-4(7)8/h11H,2-10H2,1H3,(H,13,16);1-2H,(H,5,6)(H,7,8)/b;2-1+. The van der Waals surface area contributed by atoms with Gasteiger partial charge in [-0.1, -0.05) is 13.3 Å². The minimum atomic E-state index is -1.26. The number of nitrogens with zero attached hydrogens (tertiary/aromatic N) is 2. The molecule has 27 heavy (non-hydrogen) atoms. The van der Waals surface area contributed by atoms with Crippen molar-refractivity contribution < 1.29 is 34.5 Å². The Morgan fingerprint density at radius 1 is 1.22 bits per heavy atom. The monoisotopic (exact) mass is 389 g/mol. The molecule has 0 aromatic carbocycles. The summed E-state index contributed by atoms with van der Waals surface area (Å²) in [5.74, 6) is -2.49. The molecule has 3 N–H and O–H groups in total. The molecule has 1 aliphatic rings. The van der Waals surface area contributed by atoms with E-state index in [1.54, 1.807) is 0 Å². The van der Waals surface area contributed by atoms with E-state index in [1.165, 1.54) is 12.8 Å². The molecule has 0 spiro atoms. The van der Waals surface area contributed by atoms with Gasteiger partial charge in [0.25, 0.3) is 5.09 Å². The van der Waals surface area contributed by atoms with E-state index in [0.717, 1.165) is 32.5 Å². The number of piperidine rings is 1. The Morgan fingerprint density at radius 3 is 2.22 bits per heavy atom. The predicted octanol–water partition coefficient (Wildman–Crippen LogP) is 0.535. The van der Waals surface area contributed by atoms with Gasteiger partial charge in [-0.05, 0) is 38.9 Å². The van der Waals surface area contributed by atoms with Gasteiger partial charge < -0.3 is 25.3 Å². The van der Waals surface area contributed by atoms with E-state index >= 15 is 0 Å². The topological polar surface area (TPSA) is 159 Å². The average molecular weight is 389 g/mol. The fraction of sp³-hybridized carbons (Fsp3) is 0.688. The van der Waals surface area contributed by atoms with E-state index in [1.807, 2.05) is 0 Å². The number of aliphatic carboxylic acids is 2. The molecule has 1 saturated heterocycles. The van der Waals surface area contributed by atoms with Crippen LogP contribution in [0.4, 0.5) is 0 Å². The highest BCUT2D eigenvalue weighted by molar-refractivity contribution is 5.89. The molecule has 1 fully saturated rings. The number of likely N-dealkylation sites (tertiary alicyclic amines) is 1. The molecule has 0 radical (unpaired) electrons. The fourth-order valence-corrected chi connectivity index (χ4v) is 2.38. The number of hydrogen-bond donors (Lipinski definition) is 3. The summed E-state index contributed by atoms with van der Waals surface area (Å²) in [5.41, 5.74) is 0. The summed E-state index contributed by atoms with van der Waals surface area (Å²) < 4.78 is 0. The van der Waals surface area contributed by atoms with Gasteiger partial charge in [-0.3, -0.25) is 4.79 Å². The summed E-state index contributed by atoms with van der Waals surface area (Å²) >= 11 is 0. The molecule has 11 nitrogen and oxygen atoms in total. The van der Waals surface area contributed by atoms with Gasteiger partial charge in [-0.15, -0.1) is 10.1 Å². The third kappa shape index (κ3) is 14.2. The van der Waals surface area contributed by atoms with Crippen LogP contribution >= 0.6 is 0 Å². The minimum Gasteiger partial charge on any atom is -0.478 e. The molecule has 11 heteroatoms. The molecule has 1 heterocycles. The van der Waals surface area contributed by atoms with Crippen LogP contribution in [0.15, 0.2) is 12.2 Å². The Morgan fingerprint density at radius 2 is 1.78 bits per heavy atom. The number of unbranched alkanes of at least 4 members (excludes halogenated alkanes) is 1. The van der Waals surface area contributed by atoms with Crippen molar-refractivity contribution in [2.75, 3.05) is 32.8 Å². The van der Waals surface area contributed by atoms with Crippen molar-refractivity contribution in [3.05, 3.63) is 22.3 Å². The molecule has 154 valence electrons. The van der Waals surface area contributed by atoms with Crippen LogP contribution in [0, 0.1) is 16.0 Å². The van der Waals surface area contributed by atoms with E-state index in [4.69, 9.17) is 10.2 Å². The van der Waals surface area contributed by atoms with E-state index < -0.39 is 17.0 Å². The molecule has 0 saturated carbocycles. The summed E-state index contributed by atoms with van der Waals surface area (Å²) in [5, 5.41) is 27.4. The summed E-state index contributed by atoms with van der Waals surface area (Å²) in [6, 6.07) is 0. The summed E-state index contributed by atoms with van der Waals surface area (Å²) in [6.45, 7) is 5.31. The molecule has 1 aliphatic heterocycles. The largest absolute Gasteiger partial charge is 0.478 e. The van der Waals surface area contributed by atoms with Crippen LogP contribution < -0.4 is 5.32 Å². The lowest BCUT2D eigenvalue weighted by atomic mass is 9.96. The van der Waals surface area contributed by atoms with Crippen LogP contribution in [0.3, 0.4) is 0 Å². The van der Waals surface area contributed by atoms with Gasteiger partial charge in [0.05, 0.1) is 0 Å². The highest BCUT2D eigenvalue weighted by atomic mass is 16.9. The Bertz CT molecular complexity index is 500. The zero-order chi connectivity index (χ0) is 20.7. The third-order valence-corrected chi connectivity index (χ3v) is 3.75. The van der Waals surface area contributed by atoms with Crippen LogP contribution in [-0.2, 0) is 19.2 Å². The number of carbonyl (C=O) groups excluding carboxylic acids is 1. The first kappa shape index (κ1) is 24.3. The van der Waals surface area contributed by atoms with Gasteiger partial charge in [0.2, 0.25) is 5.91 Å². The number of carboxylic acid groups (broad SMARTS) is 2. The maximum Gasteiger partial charge on any atom is 0.328 e. The van der Waals surface area contributed by atoms with E-state index in [0.29, 0.717) is 12.2 Å². The average Bonchev–Trinajstić information content (AvgIpc) is 2.62. The zero-order valence-corrected chi connectivity index (χ0v) is 15.3. The van der Waals surface area contributed by atoms with E-state index in [9.17, 15) is 24.5 Å². The lowest BCUT2D eigenvalue weighted by Crippen LogP contribution is -2.41. The Balaban J connectivity index is 0.000000713. The minimum absolute atomic E-state index is 0.0120. The first-order valence-electron chi connectivity index (χ1n) is 8.67. The van der Waals surface area contributed by atoms with Crippen LogP contribution in [0.25, 0.3) is 0 Å². The molecule has 0 bridgehead atoms. The Hall–Kier alpha value is -2.69. The van der Waals surface area contributed by atoms with Gasteiger partial charge in [0.1, 0.15) is 6.61 Å². The second-order valence-electron chi connectivity index (χ2n) is 5.83. The summed E-state index contributed by atoms with van der Waals surface area (Å²) in [7, 11) is 0. The van der Waals surface area contributed by atoms with Crippen LogP contribution in [0.2, 0.25) is 0 Å². The molecule has 0 aromatic rings. The highest BCUT2D eigenvalue weighted by Gasteiger charge is 2.24. The van der Waals surface area contributed by atoms with Crippen molar-refractivity contribution in [1.82, 2.24) is 10.2 Å². The van der Waals surface area contributed by atoms with Crippen molar-refractivity contribution in [1.29, 1.82) is 0 Å². The van der Waals surface area contributed by atoms with Crippen LogP contribution in [0.1, 0.15) is 32.6 Å². The van der Waals surface area contributed by atoms with Crippen molar-refractivity contribution in [3.8, 4) is 0 Å². The van der Waals surface area contributed by atoms with Crippen molar-refractivity contribution >= 4 is 17.8 Å². The number of rotatable bonds is 10. The van der Waals surface area contributed by atoms with Crippen LogP contribution in [0.5, 0.6) is 0 Å². The lowest BCUT2D eigenvalue weighted by Gasteiger charge is -2.31. The molecule has 1 amide bonds. The smallest absolute Gasteiger partial charge is 0.328 e. The lowest BCUT2D eigenvalue weighted by molar-refractivity contribution is -0.757. The quantitative estimate of drug-likeness (QED) is 0.210. The third-order valence-electron chi connectivity index (χ3n) is 3.75. The summed E-state index contributed by atoms with van der Waals surface area (Å²) in [6.07, 6.45) is 5.24. The maximum absolute atomic E-state index is 11.8. The van der Waals surface area contributed by atoms with E-state index in [-0.39, 0.29) is 25.0 Å². The maximum atomic E-state index is 11.8. The normalized spacial score (nSPS) is 14.9. The van der Waals surface area contributed by atoms with Gasteiger partial charge in [0.15, 0.2) is 0 Å². The molecule has 0 unspecified atom stereocenters. The Kier molecular flexibility index (Phi) is 13.0. The number of amides is 1. The molecule has 0 aromatic heterocycles. The fourth-order valence-electron chi connectivity index (χ4n) is 2.38. The predicted molar refractivity (Wildman–Crippen MR) is 94.4 cm³/mol. The van der Waals surface area contributed by atoms with Gasteiger partial charge in [-0.25, -0.2) is 9.59 Å². The summed E-state index contributed by atoms with van der Waals surface area (Å²) in [4.78, 5) is 47.4. The molecule has 0 atom stereocenters. The van der Waals surface area contributed by atoms with Crippen LogP contribution in [-0.4, -0.2) is 70.8 Å². The van der Waals surface area contributed by atoms with Crippen molar-refractivity contribution in [2.24, 2.45) is 5.92 Å². The molecule has 0 aliphatic carbocycles. The van der Waals surface area contributed by atoms with Crippen molar-refractivity contribution in [3.63, 3.8) is 0 Å². The first-order valence-corrected chi connectivity index (χ1v) is 8.67. The second-order valence-corrected chi connectivity index (χ2v) is 5.83. The number of hydrogen-bond acceptors (Lipinski definition) is 7. The molecular formula is C16H27N3O8. The zero-order valence-electron chi connectivity index (χ0n) is 15.3. The number of carboxylic acids is 2. The van der Waals surface area contributed by atoms with Gasteiger partial charge >= 0.3 is 11.9 Å². The molecule has 1 rings (SSSR count). The Labute approximate surface area is 157 Å². The second kappa shape index (κ2) is 14.5. The van der Waals surface area contributed by atoms with E-state index in [2.05, 4.69) is 22.0 Å². The number of carbonyl (C=O) groups is 3. The highest BCUT2D eigenvalue weighted by Crippen LogP contribution is 2.17. The number of nitrogens with one attached hydrogen (secondary N) is 1. The van der Waals surface area contributed by atoms with Gasteiger partial charge in [0, 0.05) is 24.6 Å². The SMILES string of the molecule is CCCCN1CCC(C(=O)NCCO[N+](=O)[O-])CC1.O=C(O)/C=C/C(=O)O. The first-order chi connectivity index (χ1) is 12.8. The van der Waals surface area contributed by atoms with Crippen molar-refractivity contribution in [2.45, 2.75) is 32.6 Å².